The second kappa shape index (κ2) is 7.43. The van der Waals surface area contributed by atoms with E-state index in [2.05, 4.69) is 5.32 Å². The van der Waals surface area contributed by atoms with Gasteiger partial charge in [0.25, 0.3) is 0 Å². The van der Waals surface area contributed by atoms with Crippen molar-refractivity contribution in [2.75, 3.05) is 20.8 Å². The van der Waals surface area contributed by atoms with Gasteiger partial charge in [0.05, 0.1) is 14.2 Å². The minimum atomic E-state index is 0.541. The molecule has 0 fully saturated rings. The highest BCUT2D eigenvalue weighted by atomic mass is 35.5. The quantitative estimate of drug-likeness (QED) is 0.866. The van der Waals surface area contributed by atoms with Crippen molar-refractivity contribution < 1.29 is 9.47 Å². The van der Waals surface area contributed by atoms with Crippen molar-refractivity contribution >= 4 is 23.2 Å². The van der Waals surface area contributed by atoms with Gasteiger partial charge in [-0.1, -0.05) is 29.3 Å². The van der Waals surface area contributed by atoms with Gasteiger partial charge in [0.2, 0.25) is 0 Å². The molecule has 0 saturated carbocycles. The van der Waals surface area contributed by atoms with Crippen LogP contribution in [0.1, 0.15) is 5.56 Å². The Hall–Kier alpha value is -0.900. The number of benzene rings is 1. The van der Waals surface area contributed by atoms with E-state index in [4.69, 9.17) is 32.7 Å². The molecule has 1 rings (SSSR count). The van der Waals surface area contributed by atoms with E-state index >= 15 is 0 Å². The van der Waals surface area contributed by atoms with Gasteiger partial charge < -0.3 is 14.8 Å². The van der Waals surface area contributed by atoms with Gasteiger partial charge in [-0.3, -0.25) is 0 Å². The molecule has 5 heteroatoms. The molecule has 0 saturated heterocycles. The van der Waals surface area contributed by atoms with E-state index in [1.165, 1.54) is 5.54 Å². The number of halogens is 2. The van der Waals surface area contributed by atoms with Crippen LogP contribution in [-0.2, 0) is 6.54 Å². The van der Waals surface area contributed by atoms with Gasteiger partial charge in [-0.2, -0.15) is 0 Å². The van der Waals surface area contributed by atoms with E-state index in [1.54, 1.807) is 14.2 Å². The number of hydrogen-bond acceptors (Lipinski definition) is 3. The number of ether oxygens (including phenoxy) is 2. The molecule has 0 radical (unpaired) electrons. The first-order chi connectivity index (χ1) is 8.21. The van der Waals surface area contributed by atoms with Crippen LogP contribution in [0, 0.1) is 0 Å². The lowest BCUT2D eigenvalue weighted by Crippen LogP contribution is -2.14. The fraction of sp³-hybridized carbons (Fsp3) is 0.333. The maximum absolute atomic E-state index is 5.76. The van der Waals surface area contributed by atoms with Gasteiger partial charge >= 0.3 is 0 Å². The molecule has 0 atom stereocenters. The normalized spacial score (nSPS) is 11.4. The average molecular weight is 276 g/mol. The molecule has 1 N–H and O–H groups in total. The monoisotopic (exact) mass is 275 g/mol. The fourth-order valence-corrected chi connectivity index (χ4v) is 1.53. The predicted octanol–water partition coefficient (Wildman–Crippen LogP) is 3.11. The summed E-state index contributed by atoms with van der Waals surface area (Å²) in [7, 11) is 3.23. The maximum atomic E-state index is 5.76. The van der Waals surface area contributed by atoms with Crippen molar-refractivity contribution in [3.8, 4) is 11.5 Å². The summed E-state index contributed by atoms with van der Waals surface area (Å²) in [6.45, 7) is 1.22. The van der Waals surface area contributed by atoms with E-state index in [9.17, 15) is 0 Å². The molecular weight excluding hydrogens is 261 g/mol. The lowest BCUT2D eigenvalue weighted by Gasteiger charge is -2.10. The van der Waals surface area contributed by atoms with Gasteiger partial charge in [0.15, 0.2) is 11.5 Å². The lowest BCUT2D eigenvalue weighted by atomic mass is 10.2. The Morgan fingerprint density at radius 2 is 2.00 bits per heavy atom. The van der Waals surface area contributed by atoms with E-state index in [-0.39, 0.29) is 0 Å². The van der Waals surface area contributed by atoms with Gasteiger partial charge in [-0.15, -0.1) is 0 Å². The van der Waals surface area contributed by atoms with Crippen molar-refractivity contribution in [1.29, 1.82) is 0 Å². The van der Waals surface area contributed by atoms with E-state index in [0.29, 0.717) is 23.9 Å². The fourth-order valence-electron chi connectivity index (χ4n) is 1.36. The largest absolute Gasteiger partial charge is 0.493 e. The first-order valence-electron chi connectivity index (χ1n) is 5.07. The minimum absolute atomic E-state index is 0.541. The third-order valence-electron chi connectivity index (χ3n) is 2.19. The van der Waals surface area contributed by atoms with Crippen LogP contribution in [0.3, 0.4) is 0 Å². The van der Waals surface area contributed by atoms with Gasteiger partial charge in [-0.25, -0.2) is 0 Å². The SMILES string of the molecule is COc1ccc(CNCC(Cl)=CCl)cc1OC. The van der Waals surface area contributed by atoms with Crippen LogP contribution in [0.5, 0.6) is 11.5 Å². The molecule has 0 spiro atoms. The van der Waals surface area contributed by atoms with Crippen LogP contribution < -0.4 is 14.8 Å². The van der Waals surface area contributed by atoms with Crippen molar-refractivity contribution in [2.24, 2.45) is 0 Å². The first-order valence-corrected chi connectivity index (χ1v) is 5.89. The molecule has 0 aromatic heterocycles. The molecule has 1 aromatic rings. The van der Waals surface area contributed by atoms with E-state index in [1.807, 2.05) is 18.2 Å². The van der Waals surface area contributed by atoms with Crippen LogP contribution in [-0.4, -0.2) is 20.8 Å². The van der Waals surface area contributed by atoms with Crippen molar-refractivity contribution in [1.82, 2.24) is 5.32 Å². The molecule has 0 amide bonds. The molecule has 0 aliphatic carbocycles. The highest BCUT2D eigenvalue weighted by molar-refractivity contribution is 6.36. The highest BCUT2D eigenvalue weighted by Gasteiger charge is 2.04. The number of rotatable bonds is 6. The summed E-state index contributed by atoms with van der Waals surface area (Å²) >= 11 is 11.2. The maximum Gasteiger partial charge on any atom is 0.161 e. The predicted molar refractivity (Wildman–Crippen MR) is 71.0 cm³/mol. The Morgan fingerprint density at radius 1 is 1.29 bits per heavy atom. The van der Waals surface area contributed by atoms with Gasteiger partial charge in [0, 0.05) is 23.7 Å². The zero-order valence-electron chi connectivity index (χ0n) is 9.80. The summed E-state index contributed by atoms with van der Waals surface area (Å²) in [6, 6.07) is 5.76. The van der Waals surface area contributed by atoms with Crippen molar-refractivity contribution in [3.05, 3.63) is 34.3 Å². The Balaban J connectivity index is 2.60. The topological polar surface area (TPSA) is 30.5 Å². The standard InChI is InChI=1S/C12H15Cl2NO2/c1-16-11-4-3-9(5-12(11)17-2)7-15-8-10(14)6-13/h3-6,15H,7-8H2,1-2H3. The summed E-state index contributed by atoms with van der Waals surface area (Å²) in [5.41, 5.74) is 2.44. The smallest absolute Gasteiger partial charge is 0.161 e. The number of hydrogen-bond donors (Lipinski definition) is 1. The minimum Gasteiger partial charge on any atom is -0.493 e. The first kappa shape index (κ1) is 14.2. The molecule has 0 bridgehead atoms. The molecule has 0 aliphatic rings. The Labute approximate surface area is 111 Å². The Bertz CT molecular complexity index is 394. The van der Waals surface area contributed by atoms with E-state index in [0.717, 1.165) is 11.3 Å². The van der Waals surface area contributed by atoms with Crippen LogP contribution in [0.2, 0.25) is 0 Å². The zero-order chi connectivity index (χ0) is 12.7. The third kappa shape index (κ3) is 4.46. The summed E-state index contributed by atoms with van der Waals surface area (Å²) < 4.78 is 10.4. The molecule has 94 valence electrons. The molecule has 3 nitrogen and oxygen atoms in total. The van der Waals surface area contributed by atoms with Crippen molar-refractivity contribution in [3.63, 3.8) is 0 Å². The summed E-state index contributed by atoms with van der Waals surface area (Å²) in [5.74, 6) is 1.43. The van der Waals surface area contributed by atoms with Crippen LogP contribution >= 0.6 is 23.2 Å². The summed E-state index contributed by atoms with van der Waals surface area (Å²) in [5, 5.41) is 3.74. The molecule has 17 heavy (non-hydrogen) atoms. The van der Waals surface area contributed by atoms with Gasteiger partial charge in [0.1, 0.15) is 0 Å². The molecular formula is C12H15Cl2NO2. The zero-order valence-corrected chi connectivity index (χ0v) is 11.3. The number of methoxy groups -OCH3 is 2. The van der Waals surface area contributed by atoms with Crippen LogP contribution in [0.4, 0.5) is 0 Å². The second-order valence-corrected chi connectivity index (χ2v) is 4.05. The molecule has 1 aromatic carbocycles. The Morgan fingerprint density at radius 3 is 2.59 bits per heavy atom. The molecule has 0 aliphatic heterocycles. The average Bonchev–Trinajstić information content (AvgIpc) is 2.38. The van der Waals surface area contributed by atoms with Gasteiger partial charge in [-0.05, 0) is 17.7 Å². The number of nitrogens with one attached hydrogen (secondary N) is 1. The van der Waals surface area contributed by atoms with Crippen molar-refractivity contribution in [2.45, 2.75) is 6.54 Å². The van der Waals surface area contributed by atoms with Crippen LogP contribution in [0.25, 0.3) is 0 Å². The molecule has 0 unspecified atom stereocenters. The third-order valence-corrected chi connectivity index (χ3v) is 2.81. The van der Waals surface area contributed by atoms with E-state index < -0.39 is 0 Å². The van der Waals surface area contributed by atoms with Crippen LogP contribution in [0.15, 0.2) is 28.8 Å². The Kier molecular flexibility index (Phi) is 6.19. The summed E-state index contributed by atoms with van der Waals surface area (Å²) in [4.78, 5) is 0. The molecule has 0 heterocycles. The highest BCUT2D eigenvalue weighted by Crippen LogP contribution is 2.27. The second-order valence-electron chi connectivity index (χ2n) is 3.35. The summed E-state index contributed by atoms with van der Waals surface area (Å²) in [6.07, 6.45) is 0. The lowest BCUT2D eigenvalue weighted by molar-refractivity contribution is 0.354.